The van der Waals surface area contributed by atoms with Gasteiger partial charge in [-0.05, 0) is 30.2 Å². The van der Waals surface area contributed by atoms with Gasteiger partial charge in [0, 0.05) is 19.2 Å². The van der Waals surface area contributed by atoms with Crippen LogP contribution in [0.2, 0.25) is 0 Å². The third kappa shape index (κ3) is 2.37. The Morgan fingerprint density at radius 1 is 1.15 bits per heavy atom. The first-order chi connectivity index (χ1) is 9.78. The number of hydrogen-bond donors (Lipinski definition) is 1. The normalized spacial score (nSPS) is 14.1. The fourth-order valence-corrected chi connectivity index (χ4v) is 2.54. The summed E-state index contributed by atoms with van der Waals surface area (Å²) in [5.41, 5.74) is 3.14. The summed E-state index contributed by atoms with van der Waals surface area (Å²) in [5, 5.41) is 3.02. The molecule has 0 unspecified atom stereocenters. The molecule has 0 atom stereocenters. The Kier molecular flexibility index (Phi) is 3.37. The molecular weight excluding hydrogens is 250 g/mol. The zero-order chi connectivity index (χ0) is 13.9. The smallest absolute Gasteiger partial charge is 0.227 e. The summed E-state index contributed by atoms with van der Waals surface area (Å²) in [6, 6.07) is 13.9. The standard InChI is InChI=1S/C16H17N3O/c1-17-15-8-4-6-13(18-15)11-19-14-7-3-2-5-12(14)9-10-16(19)20/h2-8H,9-11H2,1H3,(H,17,18). The fourth-order valence-electron chi connectivity index (χ4n) is 2.54. The van der Waals surface area contributed by atoms with Crippen molar-refractivity contribution in [2.24, 2.45) is 0 Å². The third-order valence-electron chi connectivity index (χ3n) is 3.57. The maximum atomic E-state index is 12.2. The predicted octanol–water partition coefficient (Wildman–Crippen LogP) is 2.60. The molecule has 1 aromatic carbocycles. The Bertz CT molecular complexity index is 639. The highest BCUT2D eigenvalue weighted by Crippen LogP contribution is 2.28. The third-order valence-corrected chi connectivity index (χ3v) is 3.57. The van der Waals surface area contributed by atoms with Crippen LogP contribution in [0.1, 0.15) is 17.7 Å². The molecule has 1 aliphatic rings. The summed E-state index contributed by atoms with van der Waals surface area (Å²) in [6.45, 7) is 0.519. The van der Waals surface area contributed by atoms with Gasteiger partial charge in [0.1, 0.15) is 5.82 Å². The Morgan fingerprint density at radius 2 is 2.00 bits per heavy atom. The number of nitrogens with zero attached hydrogens (tertiary/aromatic N) is 2. The summed E-state index contributed by atoms with van der Waals surface area (Å²) in [4.78, 5) is 18.5. The molecule has 102 valence electrons. The maximum absolute atomic E-state index is 12.2. The maximum Gasteiger partial charge on any atom is 0.227 e. The van der Waals surface area contributed by atoms with Gasteiger partial charge in [0.25, 0.3) is 0 Å². The molecule has 0 bridgehead atoms. The first kappa shape index (κ1) is 12.7. The van der Waals surface area contributed by atoms with Crippen molar-refractivity contribution < 1.29 is 4.79 Å². The van der Waals surface area contributed by atoms with E-state index < -0.39 is 0 Å². The topological polar surface area (TPSA) is 45.2 Å². The molecule has 3 rings (SSSR count). The van der Waals surface area contributed by atoms with Crippen molar-refractivity contribution in [3.63, 3.8) is 0 Å². The lowest BCUT2D eigenvalue weighted by Crippen LogP contribution is -2.34. The van der Waals surface area contributed by atoms with Crippen LogP contribution in [0.5, 0.6) is 0 Å². The van der Waals surface area contributed by atoms with Crippen LogP contribution in [0.3, 0.4) is 0 Å². The number of anilines is 2. The lowest BCUT2D eigenvalue weighted by Gasteiger charge is -2.29. The van der Waals surface area contributed by atoms with Gasteiger partial charge < -0.3 is 10.2 Å². The van der Waals surface area contributed by atoms with Crippen LogP contribution in [0.15, 0.2) is 42.5 Å². The van der Waals surface area contributed by atoms with Gasteiger partial charge in [-0.2, -0.15) is 0 Å². The van der Waals surface area contributed by atoms with Crippen molar-refractivity contribution in [2.75, 3.05) is 17.3 Å². The molecule has 0 aliphatic carbocycles. The van der Waals surface area contributed by atoms with Crippen molar-refractivity contribution in [2.45, 2.75) is 19.4 Å². The molecule has 20 heavy (non-hydrogen) atoms. The van der Waals surface area contributed by atoms with Gasteiger partial charge in [0.05, 0.1) is 12.2 Å². The van der Waals surface area contributed by atoms with E-state index in [9.17, 15) is 4.79 Å². The van der Waals surface area contributed by atoms with E-state index in [0.717, 1.165) is 23.6 Å². The fraction of sp³-hybridized carbons (Fsp3) is 0.250. The number of pyridine rings is 1. The second kappa shape index (κ2) is 5.33. The number of aryl methyl sites for hydroxylation is 1. The lowest BCUT2D eigenvalue weighted by atomic mass is 10.0. The van der Waals surface area contributed by atoms with Crippen molar-refractivity contribution in [3.05, 3.63) is 53.7 Å². The molecule has 2 heterocycles. The SMILES string of the molecule is CNc1cccc(CN2C(=O)CCc3ccccc32)n1. The van der Waals surface area contributed by atoms with Gasteiger partial charge >= 0.3 is 0 Å². The van der Waals surface area contributed by atoms with E-state index in [-0.39, 0.29) is 5.91 Å². The molecule has 0 saturated carbocycles. The number of amides is 1. The van der Waals surface area contributed by atoms with Crippen molar-refractivity contribution in [1.29, 1.82) is 0 Å². The van der Waals surface area contributed by atoms with Gasteiger partial charge in [0.2, 0.25) is 5.91 Å². The molecule has 1 aromatic heterocycles. The number of nitrogens with one attached hydrogen (secondary N) is 1. The molecule has 1 aliphatic heterocycles. The molecule has 0 radical (unpaired) electrons. The number of aromatic nitrogens is 1. The van der Waals surface area contributed by atoms with E-state index in [4.69, 9.17) is 0 Å². The van der Waals surface area contributed by atoms with Crippen LogP contribution >= 0.6 is 0 Å². The summed E-state index contributed by atoms with van der Waals surface area (Å²) >= 11 is 0. The molecule has 0 saturated heterocycles. The number of carbonyl (C=O) groups is 1. The Morgan fingerprint density at radius 3 is 2.85 bits per heavy atom. The molecule has 0 fully saturated rings. The molecule has 1 amide bonds. The van der Waals surface area contributed by atoms with Crippen LogP contribution in [0, 0.1) is 0 Å². The van der Waals surface area contributed by atoms with Crippen LogP contribution in [0.4, 0.5) is 11.5 Å². The zero-order valence-electron chi connectivity index (χ0n) is 11.5. The number of hydrogen-bond acceptors (Lipinski definition) is 3. The Hall–Kier alpha value is -2.36. The largest absolute Gasteiger partial charge is 0.373 e. The van der Waals surface area contributed by atoms with E-state index in [1.807, 2.05) is 48.3 Å². The molecule has 2 aromatic rings. The van der Waals surface area contributed by atoms with E-state index in [0.29, 0.717) is 13.0 Å². The molecular formula is C16H17N3O. The minimum absolute atomic E-state index is 0.167. The predicted molar refractivity (Wildman–Crippen MR) is 79.7 cm³/mol. The zero-order valence-corrected chi connectivity index (χ0v) is 11.5. The van der Waals surface area contributed by atoms with Gasteiger partial charge in [0.15, 0.2) is 0 Å². The van der Waals surface area contributed by atoms with Gasteiger partial charge in [-0.15, -0.1) is 0 Å². The molecule has 4 nitrogen and oxygen atoms in total. The van der Waals surface area contributed by atoms with Crippen LogP contribution in [-0.4, -0.2) is 17.9 Å². The molecule has 1 N–H and O–H groups in total. The number of para-hydroxylation sites is 1. The Labute approximate surface area is 118 Å². The summed E-state index contributed by atoms with van der Waals surface area (Å²) < 4.78 is 0. The second-order valence-corrected chi connectivity index (χ2v) is 4.87. The summed E-state index contributed by atoms with van der Waals surface area (Å²) in [5.74, 6) is 0.987. The highest BCUT2D eigenvalue weighted by Gasteiger charge is 2.24. The first-order valence-corrected chi connectivity index (χ1v) is 6.80. The van der Waals surface area contributed by atoms with Crippen molar-refractivity contribution in [1.82, 2.24) is 4.98 Å². The van der Waals surface area contributed by atoms with Crippen molar-refractivity contribution >= 4 is 17.4 Å². The van der Waals surface area contributed by atoms with E-state index in [1.54, 1.807) is 0 Å². The van der Waals surface area contributed by atoms with Crippen molar-refractivity contribution in [3.8, 4) is 0 Å². The first-order valence-electron chi connectivity index (χ1n) is 6.80. The number of carbonyl (C=O) groups excluding carboxylic acids is 1. The second-order valence-electron chi connectivity index (χ2n) is 4.87. The van der Waals surface area contributed by atoms with Gasteiger partial charge in [-0.25, -0.2) is 4.98 Å². The monoisotopic (exact) mass is 267 g/mol. The highest BCUT2D eigenvalue weighted by atomic mass is 16.2. The van der Waals surface area contributed by atoms with Gasteiger partial charge in [-0.3, -0.25) is 4.79 Å². The van der Waals surface area contributed by atoms with E-state index >= 15 is 0 Å². The minimum atomic E-state index is 0.167. The number of rotatable bonds is 3. The van der Waals surface area contributed by atoms with Crippen LogP contribution in [0.25, 0.3) is 0 Å². The summed E-state index contributed by atoms with van der Waals surface area (Å²) in [6.07, 6.45) is 1.40. The summed E-state index contributed by atoms with van der Waals surface area (Å²) in [7, 11) is 1.84. The van der Waals surface area contributed by atoms with E-state index in [2.05, 4.69) is 16.4 Å². The molecule has 0 spiro atoms. The molecule has 4 heteroatoms. The Balaban J connectivity index is 1.91. The lowest BCUT2D eigenvalue weighted by molar-refractivity contribution is -0.119. The number of fused-ring (bicyclic) bond motifs is 1. The minimum Gasteiger partial charge on any atom is -0.373 e. The average molecular weight is 267 g/mol. The van der Waals surface area contributed by atoms with Gasteiger partial charge in [-0.1, -0.05) is 24.3 Å². The number of benzene rings is 1. The van der Waals surface area contributed by atoms with Crippen LogP contribution in [-0.2, 0) is 17.8 Å². The average Bonchev–Trinajstić information content (AvgIpc) is 2.50. The quantitative estimate of drug-likeness (QED) is 0.929. The highest BCUT2D eigenvalue weighted by molar-refractivity contribution is 5.96. The van der Waals surface area contributed by atoms with E-state index in [1.165, 1.54) is 5.56 Å². The van der Waals surface area contributed by atoms with Crippen LogP contribution < -0.4 is 10.2 Å².